The molecular formula is C10H5BrClN3O3S. The Morgan fingerprint density at radius 1 is 1.47 bits per heavy atom. The minimum absolute atomic E-state index is 0.102. The number of anilines is 1. The molecule has 0 atom stereocenters. The van der Waals surface area contributed by atoms with Crippen molar-refractivity contribution in [2.24, 2.45) is 0 Å². The third-order valence-corrected chi connectivity index (χ3v) is 3.66. The fraction of sp³-hybridized carbons (Fsp3) is 0. The smallest absolute Gasteiger partial charge is 0.271 e. The van der Waals surface area contributed by atoms with E-state index < -0.39 is 10.8 Å². The molecule has 1 aromatic heterocycles. The third kappa shape index (κ3) is 3.49. The molecule has 0 aliphatic carbocycles. The molecule has 1 aromatic carbocycles. The molecule has 2 aromatic rings. The first-order chi connectivity index (χ1) is 8.95. The van der Waals surface area contributed by atoms with E-state index in [0.717, 1.165) is 9.85 Å². The zero-order valence-electron chi connectivity index (χ0n) is 9.09. The van der Waals surface area contributed by atoms with Gasteiger partial charge in [-0.3, -0.25) is 20.2 Å². The topological polar surface area (TPSA) is 85.1 Å². The maximum atomic E-state index is 11.9. The van der Waals surface area contributed by atoms with Crippen LogP contribution in [0.25, 0.3) is 0 Å². The number of hydrogen-bond donors (Lipinski definition) is 1. The lowest BCUT2D eigenvalue weighted by Crippen LogP contribution is -2.11. The Hall–Kier alpha value is -1.51. The first-order valence-electron chi connectivity index (χ1n) is 4.83. The Morgan fingerprint density at radius 3 is 2.79 bits per heavy atom. The van der Waals surface area contributed by atoms with Crippen LogP contribution in [-0.2, 0) is 0 Å². The van der Waals surface area contributed by atoms with Crippen LogP contribution in [0.3, 0.4) is 0 Å². The number of aromatic nitrogens is 1. The molecule has 98 valence electrons. The molecule has 0 spiro atoms. The highest BCUT2D eigenvalue weighted by atomic mass is 79.9. The van der Waals surface area contributed by atoms with Gasteiger partial charge in [-0.15, -0.1) is 0 Å². The fourth-order valence-corrected chi connectivity index (χ4v) is 2.62. The molecule has 0 saturated carbocycles. The van der Waals surface area contributed by atoms with Gasteiger partial charge in [0, 0.05) is 22.7 Å². The predicted octanol–water partition coefficient (Wildman–Crippen LogP) is 3.72. The Balaban J connectivity index is 2.26. The van der Waals surface area contributed by atoms with Crippen molar-refractivity contribution >= 4 is 55.6 Å². The second kappa shape index (κ2) is 5.64. The fourth-order valence-electron chi connectivity index (χ4n) is 1.29. The molecule has 19 heavy (non-hydrogen) atoms. The van der Waals surface area contributed by atoms with Gasteiger partial charge in [0.05, 0.1) is 14.9 Å². The van der Waals surface area contributed by atoms with Crippen molar-refractivity contribution in [3.63, 3.8) is 0 Å². The number of carbonyl (C=O) groups is 1. The number of nitrogens with zero attached hydrogens (tertiary/aromatic N) is 2. The number of amides is 1. The van der Waals surface area contributed by atoms with Gasteiger partial charge >= 0.3 is 0 Å². The molecule has 0 radical (unpaired) electrons. The molecule has 2 rings (SSSR count). The van der Waals surface area contributed by atoms with Crippen molar-refractivity contribution in [2.45, 2.75) is 0 Å². The molecule has 1 amide bonds. The Bertz CT molecular complexity index is 661. The van der Waals surface area contributed by atoms with E-state index in [1.54, 1.807) is 6.20 Å². The Labute approximate surface area is 124 Å². The molecule has 0 unspecified atom stereocenters. The van der Waals surface area contributed by atoms with Crippen LogP contribution in [-0.4, -0.2) is 15.8 Å². The van der Waals surface area contributed by atoms with Crippen LogP contribution in [0.1, 0.15) is 10.4 Å². The van der Waals surface area contributed by atoms with Crippen LogP contribution in [0.2, 0.25) is 5.02 Å². The third-order valence-electron chi connectivity index (χ3n) is 2.05. The van der Waals surface area contributed by atoms with Gasteiger partial charge in [-0.2, -0.15) is 0 Å². The zero-order valence-corrected chi connectivity index (χ0v) is 12.3. The van der Waals surface area contributed by atoms with Crippen molar-refractivity contribution in [1.29, 1.82) is 0 Å². The van der Waals surface area contributed by atoms with E-state index in [1.807, 2.05) is 0 Å². The normalized spacial score (nSPS) is 10.2. The molecule has 0 fully saturated rings. The van der Waals surface area contributed by atoms with Crippen molar-refractivity contribution in [3.8, 4) is 0 Å². The van der Waals surface area contributed by atoms with E-state index in [4.69, 9.17) is 11.6 Å². The van der Waals surface area contributed by atoms with E-state index in [2.05, 4.69) is 26.2 Å². The van der Waals surface area contributed by atoms with Crippen LogP contribution < -0.4 is 5.32 Å². The molecule has 6 nitrogen and oxygen atoms in total. The monoisotopic (exact) mass is 361 g/mol. The van der Waals surface area contributed by atoms with Gasteiger partial charge in [-0.1, -0.05) is 22.9 Å². The van der Waals surface area contributed by atoms with Crippen molar-refractivity contribution in [3.05, 3.63) is 48.9 Å². The number of carbonyl (C=O) groups excluding carboxylic acids is 1. The second-order valence-corrected chi connectivity index (χ2v) is 6.23. The summed E-state index contributed by atoms with van der Waals surface area (Å²) in [7, 11) is 0. The SMILES string of the molecule is O=C(Nc1ncc(Br)s1)c1cc(Cl)cc([N+](=O)[O-])c1. The lowest BCUT2D eigenvalue weighted by Gasteiger charge is -2.02. The summed E-state index contributed by atoms with van der Waals surface area (Å²) in [6, 6.07) is 3.69. The highest BCUT2D eigenvalue weighted by Crippen LogP contribution is 2.25. The second-order valence-electron chi connectivity index (χ2n) is 3.38. The summed E-state index contributed by atoms with van der Waals surface area (Å²) >= 11 is 10.2. The maximum Gasteiger partial charge on any atom is 0.271 e. The molecule has 0 aliphatic rings. The van der Waals surface area contributed by atoms with Crippen molar-refractivity contribution in [2.75, 3.05) is 5.32 Å². The number of nitro benzene ring substituents is 1. The van der Waals surface area contributed by atoms with Crippen LogP contribution in [0, 0.1) is 10.1 Å². The minimum Gasteiger partial charge on any atom is -0.298 e. The number of non-ortho nitro benzene ring substituents is 1. The van der Waals surface area contributed by atoms with Crippen LogP contribution in [0.4, 0.5) is 10.8 Å². The van der Waals surface area contributed by atoms with Crippen molar-refractivity contribution in [1.82, 2.24) is 4.98 Å². The first-order valence-corrected chi connectivity index (χ1v) is 6.82. The number of halogens is 2. The minimum atomic E-state index is -0.608. The molecule has 0 bridgehead atoms. The number of hydrogen-bond acceptors (Lipinski definition) is 5. The largest absolute Gasteiger partial charge is 0.298 e. The number of rotatable bonds is 3. The summed E-state index contributed by atoms with van der Waals surface area (Å²) in [6.45, 7) is 0. The van der Waals surface area contributed by atoms with Gasteiger partial charge < -0.3 is 0 Å². The van der Waals surface area contributed by atoms with Crippen LogP contribution in [0.15, 0.2) is 28.2 Å². The van der Waals surface area contributed by atoms with Crippen LogP contribution in [0.5, 0.6) is 0 Å². The highest BCUT2D eigenvalue weighted by Gasteiger charge is 2.15. The summed E-state index contributed by atoms with van der Waals surface area (Å²) in [5.41, 5.74) is -0.136. The van der Waals surface area contributed by atoms with Gasteiger partial charge in [0.1, 0.15) is 0 Å². The highest BCUT2D eigenvalue weighted by molar-refractivity contribution is 9.11. The van der Waals surface area contributed by atoms with Gasteiger partial charge in [-0.25, -0.2) is 4.98 Å². The maximum absolute atomic E-state index is 11.9. The molecular weight excluding hydrogens is 358 g/mol. The lowest BCUT2D eigenvalue weighted by atomic mass is 10.2. The summed E-state index contributed by atoms with van der Waals surface area (Å²) in [6.07, 6.45) is 1.54. The van der Waals surface area contributed by atoms with E-state index >= 15 is 0 Å². The number of benzene rings is 1. The van der Waals surface area contributed by atoms with Gasteiger partial charge in [-0.05, 0) is 22.0 Å². The number of nitro groups is 1. The van der Waals surface area contributed by atoms with Gasteiger partial charge in [0.15, 0.2) is 5.13 Å². The van der Waals surface area contributed by atoms with E-state index in [0.29, 0.717) is 5.13 Å². The van der Waals surface area contributed by atoms with Crippen molar-refractivity contribution < 1.29 is 9.72 Å². The average Bonchev–Trinajstić information content (AvgIpc) is 2.73. The summed E-state index contributed by atoms with van der Waals surface area (Å²) in [4.78, 5) is 25.9. The first kappa shape index (κ1) is 13.9. The molecule has 9 heteroatoms. The average molecular weight is 363 g/mol. The summed E-state index contributed by atoms with van der Waals surface area (Å²) in [5.74, 6) is -0.507. The van der Waals surface area contributed by atoms with Crippen LogP contribution >= 0.6 is 38.9 Å². The zero-order chi connectivity index (χ0) is 14.0. The van der Waals surface area contributed by atoms with Gasteiger partial charge in [0.25, 0.3) is 11.6 Å². The van der Waals surface area contributed by atoms with E-state index in [9.17, 15) is 14.9 Å². The number of nitrogens with one attached hydrogen (secondary N) is 1. The summed E-state index contributed by atoms with van der Waals surface area (Å²) < 4.78 is 0.764. The summed E-state index contributed by atoms with van der Waals surface area (Å²) in [5, 5.41) is 13.7. The Morgan fingerprint density at radius 2 is 2.21 bits per heavy atom. The molecule has 0 saturated heterocycles. The molecule has 0 aliphatic heterocycles. The number of thiazole rings is 1. The lowest BCUT2D eigenvalue weighted by molar-refractivity contribution is -0.384. The quantitative estimate of drug-likeness (QED) is 0.666. The molecule has 1 heterocycles. The van der Waals surface area contributed by atoms with E-state index in [1.165, 1.54) is 23.5 Å². The van der Waals surface area contributed by atoms with Gasteiger partial charge in [0.2, 0.25) is 0 Å². The standard InChI is InChI=1S/C10H5BrClN3O3S/c11-8-4-13-10(19-8)14-9(16)5-1-6(12)3-7(2-5)15(17)18/h1-4H,(H,13,14,16). The van der Waals surface area contributed by atoms with E-state index in [-0.39, 0.29) is 16.3 Å². The predicted molar refractivity (Wildman–Crippen MR) is 75.9 cm³/mol. The Kier molecular flexibility index (Phi) is 4.13. The molecule has 1 N–H and O–H groups in total.